The molecular formula is C12H19NO2. The fourth-order valence-electron chi connectivity index (χ4n) is 1.54. The van der Waals surface area contributed by atoms with Gasteiger partial charge in [-0.05, 0) is 26.0 Å². The molecule has 1 rings (SSSR count). The van der Waals surface area contributed by atoms with E-state index in [1.807, 2.05) is 37.4 Å². The first-order valence-corrected chi connectivity index (χ1v) is 5.23. The molecule has 0 aliphatic rings. The lowest BCUT2D eigenvalue weighted by Crippen LogP contribution is -2.29. The molecule has 0 spiro atoms. The predicted molar refractivity (Wildman–Crippen MR) is 60.5 cm³/mol. The molecule has 3 N–H and O–H groups in total. The van der Waals surface area contributed by atoms with Crippen LogP contribution >= 0.6 is 0 Å². The molecule has 0 fully saturated rings. The Balaban J connectivity index is 2.65. The van der Waals surface area contributed by atoms with Crippen LogP contribution in [-0.4, -0.2) is 29.5 Å². The molecule has 1 aromatic carbocycles. The molecule has 3 nitrogen and oxygen atoms in total. The van der Waals surface area contributed by atoms with E-state index in [1.54, 1.807) is 6.92 Å². The second-order valence-corrected chi connectivity index (χ2v) is 3.80. The highest BCUT2D eigenvalue weighted by Gasteiger charge is 2.17. The number of nitrogens with one attached hydrogen (secondary N) is 1. The van der Waals surface area contributed by atoms with Crippen LogP contribution in [0.15, 0.2) is 30.3 Å². The van der Waals surface area contributed by atoms with E-state index in [-0.39, 0.29) is 6.04 Å². The molecule has 84 valence electrons. The summed E-state index contributed by atoms with van der Waals surface area (Å²) in [5.41, 5.74) is 1.12. The van der Waals surface area contributed by atoms with Crippen LogP contribution in [0.3, 0.4) is 0 Å². The fraction of sp³-hybridized carbons (Fsp3) is 0.500. The highest BCUT2D eigenvalue weighted by atomic mass is 16.3. The van der Waals surface area contributed by atoms with Gasteiger partial charge in [-0.1, -0.05) is 30.3 Å². The Morgan fingerprint density at radius 2 is 1.80 bits per heavy atom. The van der Waals surface area contributed by atoms with Gasteiger partial charge in [0.05, 0.1) is 12.2 Å². The monoisotopic (exact) mass is 209 g/mol. The van der Waals surface area contributed by atoms with Crippen LogP contribution in [0.4, 0.5) is 0 Å². The molecule has 0 bridgehead atoms. The first-order valence-electron chi connectivity index (χ1n) is 5.23. The summed E-state index contributed by atoms with van der Waals surface area (Å²) < 4.78 is 0. The summed E-state index contributed by atoms with van der Waals surface area (Å²) in [6, 6.07) is 9.99. The molecule has 15 heavy (non-hydrogen) atoms. The number of hydrogen-bond acceptors (Lipinski definition) is 3. The molecule has 0 unspecified atom stereocenters. The Kier molecular flexibility index (Phi) is 4.75. The second-order valence-electron chi connectivity index (χ2n) is 3.80. The van der Waals surface area contributed by atoms with Crippen molar-refractivity contribution in [1.29, 1.82) is 0 Å². The first-order chi connectivity index (χ1) is 7.15. The van der Waals surface area contributed by atoms with E-state index in [0.29, 0.717) is 6.42 Å². The Morgan fingerprint density at radius 3 is 2.27 bits per heavy atom. The first kappa shape index (κ1) is 12.2. The minimum Gasteiger partial charge on any atom is -0.391 e. The van der Waals surface area contributed by atoms with Crippen molar-refractivity contribution < 1.29 is 10.2 Å². The van der Waals surface area contributed by atoms with Crippen molar-refractivity contribution in [2.75, 3.05) is 7.05 Å². The minimum atomic E-state index is -0.692. The number of rotatable bonds is 5. The van der Waals surface area contributed by atoms with Gasteiger partial charge in [-0.3, -0.25) is 0 Å². The number of hydrogen-bond donors (Lipinski definition) is 3. The predicted octanol–water partition coefficient (Wildman–Crippen LogP) is 1.08. The summed E-state index contributed by atoms with van der Waals surface area (Å²) in [6.45, 7) is 1.60. The van der Waals surface area contributed by atoms with Gasteiger partial charge < -0.3 is 15.5 Å². The van der Waals surface area contributed by atoms with Crippen molar-refractivity contribution >= 4 is 0 Å². The van der Waals surface area contributed by atoms with Crippen LogP contribution in [0, 0.1) is 0 Å². The van der Waals surface area contributed by atoms with E-state index in [9.17, 15) is 10.2 Å². The van der Waals surface area contributed by atoms with E-state index >= 15 is 0 Å². The zero-order valence-corrected chi connectivity index (χ0v) is 9.22. The molecule has 3 atom stereocenters. The lowest BCUT2D eigenvalue weighted by atomic mass is 9.99. The molecule has 0 aliphatic heterocycles. The summed E-state index contributed by atoms with van der Waals surface area (Å²) in [6.07, 6.45) is -0.870. The third kappa shape index (κ3) is 3.63. The third-order valence-corrected chi connectivity index (χ3v) is 2.58. The van der Waals surface area contributed by atoms with Crippen LogP contribution in [0.2, 0.25) is 0 Å². The normalized spacial score (nSPS) is 17.1. The number of aliphatic hydroxyl groups excluding tert-OH is 2. The topological polar surface area (TPSA) is 52.5 Å². The zero-order chi connectivity index (χ0) is 11.3. The van der Waals surface area contributed by atoms with E-state index in [0.717, 1.165) is 5.56 Å². The van der Waals surface area contributed by atoms with Gasteiger partial charge in [-0.2, -0.15) is 0 Å². The van der Waals surface area contributed by atoms with Gasteiger partial charge >= 0.3 is 0 Å². The van der Waals surface area contributed by atoms with Crippen molar-refractivity contribution in [3.05, 3.63) is 35.9 Å². The Morgan fingerprint density at radius 1 is 1.20 bits per heavy atom. The lowest BCUT2D eigenvalue weighted by Gasteiger charge is -2.21. The molecule has 0 saturated heterocycles. The third-order valence-electron chi connectivity index (χ3n) is 2.58. The zero-order valence-electron chi connectivity index (χ0n) is 9.22. The highest BCUT2D eigenvalue weighted by molar-refractivity contribution is 5.18. The fourth-order valence-corrected chi connectivity index (χ4v) is 1.54. The summed E-state index contributed by atoms with van der Waals surface area (Å²) in [5.74, 6) is 0. The molecule has 0 saturated carbocycles. The van der Waals surface area contributed by atoms with Gasteiger partial charge in [0.25, 0.3) is 0 Å². The van der Waals surface area contributed by atoms with Crippen LogP contribution in [0.1, 0.15) is 24.9 Å². The van der Waals surface area contributed by atoms with E-state index in [1.165, 1.54) is 0 Å². The molecule has 0 aromatic heterocycles. The average Bonchev–Trinajstić information content (AvgIpc) is 2.26. The largest absolute Gasteiger partial charge is 0.391 e. The summed E-state index contributed by atoms with van der Waals surface area (Å²) in [4.78, 5) is 0. The SMILES string of the molecule is CN[C@H](C[C@@H](O)[C@@H](C)O)c1ccccc1. The van der Waals surface area contributed by atoms with Crippen LogP contribution < -0.4 is 5.32 Å². The van der Waals surface area contributed by atoms with Crippen molar-refractivity contribution in [2.45, 2.75) is 31.6 Å². The molecule has 0 radical (unpaired) electrons. The quantitative estimate of drug-likeness (QED) is 0.680. The molecule has 0 aliphatic carbocycles. The van der Waals surface area contributed by atoms with E-state index in [4.69, 9.17) is 0 Å². The van der Waals surface area contributed by atoms with Gasteiger partial charge in [0.15, 0.2) is 0 Å². The van der Waals surface area contributed by atoms with Gasteiger partial charge in [-0.15, -0.1) is 0 Å². The van der Waals surface area contributed by atoms with Crippen molar-refractivity contribution in [2.24, 2.45) is 0 Å². The second kappa shape index (κ2) is 5.85. The maximum atomic E-state index is 9.60. The van der Waals surface area contributed by atoms with Gasteiger partial charge in [0.2, 0.25) is 0 Å². The van der Waals surface area contributed by atoms with E-state index < -0.39 is 12.2 Å². The number of aliphatic hydroxyl groups is 2. The van der Waals surface area contributed by atoms with Gasteiger partial charge in [-0.25, -0.2) is 0 Å². The summed E-state index contributed by atoms with van der Waals surface area (Å²) >= 11 is 0. The maximum absolute atomic E-state index is 9.60. The van der Waals surface area contributed by atoms with Crippen molar-refractivity contribution in [3.63, 3.8) is 0 Å². The molecular weight excluding hydrogens is 190 g/mol. The van der Waals surface area contributed by atoms with Crippen LogP contribution in [0.5, 0.6) is 0 Å². The lowest BCUT2D eigenvalue weighted by molar-refractivity contribution is 0.0201. The molecule has 0 heterocycles. The minimum absolute atomic E-state index is 0.0794. The molecule has 1 aromatic rings. The molecule has 0 amide bonds. The standard InChI is InChI=1S/C12H19NO2/c1-9(14)12(15)8-11(13-2)10-6-4-3-5-7-10/h3-7,9,11-15H,8H2,1-2H3/t9-,11-,12-/m1/s1. The highest BCUT2D eigenvalue weighted by Crippen LogP contribution is 2.18. The summed E-state index contributed by atoms with van der Waals surface area (Å²) in [5, 5.41) is 22.0. The van der Waals surface area contributed by atoms with Crippen LogP contribution in [0.25, 0.3) is 0 Å². The van der Waals surface area contributed by atoms with Gasteiger partial charge in [0, 0.05) is 6.04 Å². The van der Waals surface area contributed by atoms with Crippen LogP contribution in [-0.2, 0) is 0 Å². The Hall–Kier alpha value is -0.900. The smallest absolute Gasteiger partial charge is 0.0814 e. The van der Waals surface area contributed by atoms with E-state index in [2.05, 4.69) is 5.32 Å². The average molecular weight is 209 g/mol. The number of benzene rings is 1. The maximum Gasteiger partial charge on any atom is 0.0814 e. The Labute approximate surface area is 90.8 Å². The van der Waals surface area contributed by atoms with Crippen molar-refractivity contribution in [1.82, 2.24) is 5.32 Å². The molecule has 3 heteroatoms. The van der Waals surface area contributed by atoms with Gasteiger partial charge in [0.1, 0.15) is 0 Å². The van der Waals surface area contributed by atoms with Crippen molar-refractivity contribution in [3.8, 4) is 0 Å². The summed E-state index contributed by atoms with van der Waals surface area (Å²) in [7, 11) is 1.85. The Bertz CT molecular complexity index is 274.